The van der Waals surface area contributed by atoms with E-state index in [0.717, 1.165) is 0 Å². The van der Waals surface area contributed by atoms with Crippen molar-refractivity contribution in [1.29, 1.82) is 0 Å². The lowest BCUT2D eigenvalue weighted by Crippen LogP contribution is -2.48. The lowest BCUT2D eigenvalue weighted by Gasteiger charge is -2.24. The van der Waals surface area contributed by atoms with E-state index in [0.29, 0.717) is 17.9 Å². The number of amides is 1. The average molecular weight is 222 g/mol. The highest BCUT2D eigenvalue weighted by Crippen LogP contribution is 2.13. The number of nitrogens with one attached hydrogen (secondary N) is 1. The molecule has 0 fully saturated rings. The molecule has 0 aliphatic heterocycles. The van der Waals surface area contributed by atoms with Crippen LogP contribution in [0, 0.1) is 0 Å². The lowest BCUT2D eigenvalue weighted by atomic mass is 10.1. The normalized spacial score (nSPS) is 11.0. The predicted molar refractivity (Wildman–Crippen MR) is 63.6 cm³/mol. The summed E-state index contributed by atoms with van der Waals surface area (Å²) < 4.78 is 5.06. The van der Waals surface area contributed by atoms with Crippen molar-refractivity contribution in [2.24, 2.45) is 5.73 Å². The summed E-state index contributed by atoms with van der Waals surface area (Å²) in [6, 6.07) is 7.01. The number of methoxy groups -OCH3 is 1. The summed E-state index contributed by atoms with van der Waals surface area (Å²) in [6.45, 7) is 4.15. The van der Waals surface area contributed by atoms with E-state index in [1.54, 1.807) is 31.4 Å². The van der Waals surface area contributed by atoms with Gasteiger partial charge in [0.1, 0.15) is 5.75 Å². The van der Waals surface area contributed by atoms with E-state index in [1.165, 1.54) is 0 Å². The Morgan fingerprint density at radius 2 is 2.19 bits per heavy atom. The summed E-state index contributed by atoms with van der Waals surface area (Å²) in [4.78, 5) is 11.9. The molecule has 16 heavy (non-hydrogen) atoms. The van der Waals surface area contributed by atoms with Crippen LogP contribution in [-0.4, -0.2) is 25.1 Å². The molecular weight excluding hydrogens is 204 g/mol. The number of carbonyl (C=O) groups excluding carboxylic acids is 1. The molecule has 1 amide bonds. The highest BCUT2D eigenvalue weighted by molar-refractivity contribution is 5.95. The number of hydrogen-bond donors (Lipinski definition) is 2. The number of ether oxygens (including phenoxy) is 1. The highest BCUT2D eigenvalue weighted by Gasteiger charge is 2.19. The van der Waals surface area contributed by atoms with Crippen LogP contribution in [0.25, 0.3) is 0 Å². The van der Waals surface area contributed by atoms with Gasteiger partial charge >= 0.3 is 0 Å². The molecule has 1 rings (SSSR count). The molecule has 0 heterocycles. The largest absolute Gasteiger partial charge is 0.497 e. The molecule has 0 aliphatic rings. The number of carbonyl (C=O) groups is 1. The molecule has 0 unspecified atom stereocenters. The molecule has 0 aromatic heterocycles. The molecule has 0 spiro atoms. The van der Waals surface area contributed by atoms with Gasteiger partial charge in [0.05, 0.1) is 7.11 Å². The molecule has 1 aromatic rings. The fourth-order valence-corrected chi connectivity index (χ4v) is 1.19. The second kappa shape index (κ2) is 4.99. The molecule has 0 atom stereocenters. The van der Waals surface area contributed by atoms with Gasteiger partial charge in [-0.15, -0.1) is 0 Å². The molecule has 0 bridgehead atoms. The zero-order valence-electron chi connectivity index (χ0n) is 9.91. The molecule has 0 aliphatic carbocycles. The van der Waals surface area contributed by atoms with Gasteiger partial charge in [-0.2, -0.15) is 0 Å². The van der Waals surface area contributed by atoms with E-state index in [9.17, 15) is 4.79 Å². The predicted octanol–water partition coefficient (Wildman–Crippen LogP) is 1.16. The third-order valence-electron chi connectivity index (χ3n) is 2.29. The second-order valence-electron chi connectivity index (χ2n) is 4.27. The molecule has 0 saturated carbocycles. The zero-order valence-corrected chi connectivity index (χ0v) is 9.91. The van der Waals surface area contributed by atoms with Crippen molar-refractivity contribution in [3.8, 4) is 5.75 Å². The zero-order chi connectivity index (χ0) is 12.2. The van der Waals surface area contributed by atoms with Gasteiger partial charge in [0.25, 0.3) is 5.91 Å². The standard InChI is InChI=1S/C12H18N2O2/c1-12(2,8-13)14-11(15)9-5-4-6-10(7-9)16-3/h4-7H,8,13H2,1-3H3,(H,14,15). The van der Waals surface area contributed by atoms with Gasteiger partial charge < -0.3 is 15.8 Å². The monoisotopic (exact) mass is 222 g/mol. The maximum absolute atomic E-state index is 11.9. The third-order valence-corrected chi connectivity index (χ3v) is 2.29. The van der Waals surface area contributed by atoms with Crippen LogP contribution >= 0.6 is 0 Å². The van der Waals surface area contributed by atoms with E-state index in [1.807, 2.05) is 13.8 Å². The first-order valence-electron chi connectivity index (χ1n) is 5.15. The van der Waals surface area contributed by atoms with Crippen molar-refractivity contribution in [3.63, 3.8) is 0 Å². The summed E-state index contributed by atoms with van der Waals surface area (Å²) in [5.74, 6) is 0.521. The average Bonchev–Trinajstić information content (AvgIpc) is 2.28. The number of benzene rings is 1. The molecule has 4 heteroatoms. The van der Waals surface area contributed by atoms with Crippen LogP contribution in [0.4, 0.5) is 0 Å². The Morgan fingerprint density at radius 1 is 1.50 bits per heavy atom. The fraction of sp³-hybridized carbons (Fsp3) is 0.417. The van der Waals surface area contributed by atoms with Crippen molar-refractivity contribution in [3.05, 3.63) is 29.8 Å². The first-order valence-corrected chi connectivity index (χ1v) is 5.15. The van der Waals surface area contributed by atoms with Crippen molar-refractivity contribution in [1.82, 2.24) is 5.32 Å². The lowest BCUT2D eigenvalue weighted by molar-refractivity contribution is 0.0915. The molecule has 3 N–H and O–H groups in total. The second-order valence-corrected chi connectivity index (χ2v) is 4.27. The Hall–Kier alpha value is -1.55. The van der Waals surface area contributed by atoms with Gasteiger partial charge in [0.15, 0.2) is 0 Å². The topological polar surface area (TPSA) is 64.3 Å². The van der Waals surface area contributed by atoms with Crippen molar-refractivity contribution in [2.45, 2.75) is 19.4 Å². The summed E-state index contributed by atoms with van der Waals surface area (Å²) >= 11 is 0. The third kappa shape index (κ3) is 3.24. The molecular formula is C12H18N2O2. The quantitative estimate of drug-likeness (QED) is 0.803. The maximum atomic E-state index is 11.9. The maximum Gasteiger partial charge on any atom is 0.251 e. The van der Waals surface area contributed by atoms with Gasteiger partial charge in [-0.1, -0.05) is 6.07 Å². The smallest absolute Gasteiger partial charge is 0.251 e. The van der Waals surface area contributed by atoms with Gasteiger partial charge in [-0.3, -0.25) is 4.79 Å². The Morgan fingerprint density at radius 3 is 2.75 bits per heavy atom. The minimum Gasteiger partial charge on any atom is -0.497 e. The Balaban J connectivity index is 2.80. The van der Waals surface area contributed by atoms with Crippen LogP contribution in [0.5, 0.6) is 5.75 Å². The highest BCUT2D eigenvalue weighted by atomic mass is 16.5. The summed E-state index contributed by atoms with van der Waals surface area (Å²) in [5.41, 5.74) is 5.72. The molecule has 0 radical (unpaired) electrons. The summed E-state index contributed by atoms with van der Waals surface area (Å²) in [6.07, 6.45) is 0. The number of hydrogen-bond acceptors (Lipinski definition) is 3. The van der Waals surface area contributed by atoms with Crippen LogP contribution in [0.15, 0.2) is 24.3 Å². The Kier molecular flexibility index (Phi) is 3.90. The van der Waals surface area contributed by atoms with Gasteiger partial charge in [-0.25, -0.2) is 0 Å². The van der Waals surface area contributed by atoms with Crippen LogP contribution in [-0.2, 0) is 0 Å². The minimum atomic E-state index is -0.403. The van der Waals surface area contributed by atoms with Crippen molar-refractivity contribution < 1.29 is 9.53 Å². The summed E-state index contributed by atoms with van der Waals surface area (Å²) in [7, 11) is 1.57. The van der Waals surface area contributed by atoms with Crippen LogP contribution in [0.3, 0.4) is 0 Å². The molecule has 0 saturated heterocycles. The fourth-order valence-electron chi connectivity index (χ4n) is 1.19. The molecule has 4 nitrogen and oxygen atoms in total. The first kappa shape index (κ1) is 12.5. The van der Waals surface area contributed by atoms with Crippen molar-refractivity contribution in [2.75, 3.05) is 13.7 Å². The Labute approximate surface area is 95.8 Å². The van der Waals surface area contributed by atoms with Crippen LogP contribution in [0.1, 0.15) is 24.2 Å². The van der Waals surface area contributed by atoms with Gasteiger partial charge in [0, 0.05) is 17.6 Å². The number of nitrogens with two attached hydrogens (primary N) is 1. The summed E-state index contributed by atoms with van der Waals surface area (Å²) in [5, 5.41) is 2.85. The van der Waals surface area contributed by atoms with E-state index in [4.69, 9.17) is 10.5 Å². The van der Waals surface area contributed by atoms with E-state index in [-0.39, 0.29) is 5.91 Å². The Bertz CT molecular complexity index is 375. The van der Waals surface area contributed by atoms with Crippen LogP contribution < -0.4 is 15.8 Å². The molecule has 88 valence electrons. The van der Waals surface area contributed by atoms with E-state index in [2.05, 4.69) is 5.32 Å². The van der Waals surface area contributed by atoms with Gasteiger partial charge in [-0.05, 0) is 32.0 Å². The van der Waals surface area contributed by atoms with E-state index >= 15 is 0 Å². The minimum absolute atomic E-state index is 0.144. The van der Waals surface area contributed by atoms with Crippen molar-refractivity contribution >= 4 is 5.91 Å². The molecule has 1 aromatic carbocycles. The SMILES string of the molecule is COc1cccc(C(=O)NC(C)(C)CN)c1. The first-order chi connectivity index (χ1) is 7.48. The number of rotatable bonds is 4. The van der Waals surface area contributed by atoms with Gasteiger partial charge in [0.2, 0.25) is 0 Å². The van der Waals surface area contributed by atoms with Crippen LogP contribution in [0.2, 0.25) is 0 Å². The van der Waals surface area contributed by atoms with E-state index < -0.39 is 5.54 Å².